The van der Waals surface area contributed by atoms with Crippen LogP contribution in [-0.2, 0) is 0 Å². The molecule has 1 atom stereocenters. The second-order valence-electron chi connectivity index (χ2n) is 4.60. The van der Waals surface area contributed by atoms with Crippen LogP contribution in [0.4, 0.5) is 0 Å². The van der Waals surface area contributed by atoms with E-state index in [1.165, 1.54) is 37.7 Å². The maximum atomic E-state index is 5.79. The highest BCUT2D eigenvalue weighted by Crippen LogP contribution is 2.35. The van der Waals surface area contributed by atoms with Gasteiger partial charge >= 0.3 is 0 Å². The molecule has 1 aliphatic carbocycles. The molecule has 0 N–H and O–H groups in total. The van der Waals surface area contributed by atoms with Crippen LogP contribution in [0.3, 0.4) is 0 Å². The smallest absolute Gasteiger partial charge is 0.129 e. The lowest BCUT2D eigenvalue weighted by atomic mass is 9.78. The van der Waals surface area contributed by atoms with Crippen molar-refractivity contribution in [3.63, 3.8) is 0 Å². The highest BCUT2D eigenvalue weighted by molar-refractivity contribution is 6.29. The minimum atomic E-state index is 0.592. The van der Waals surface area contributed by atoms with E-state index in [9.17, 15) is 0 Å². The molecule has 1 saturated carbocycles. The molecule has 0 spiro atoms. The maximum absolute atomic E-state index is 5.79. The summed E-state index contributed by atoms with van der Waals surface area (Å²) in [5.74, 6) is 1.48. The third-order valence-electron chi connectivity index (χ3n) is 3.63. The molecule has 82 valence electrons. The summed E-state index contributed by atoms with van der Waals surface area (Å²) in [6.07, 6.45) is 8.91. The highest BCUT2D eigenvalue weighted by atomic mass is 35.5. The lowest BCUT2D eigenvalue weighted by molar-refractivity contribution is 0.316. The minimum Gasteiger partial charge on any atom is -0.244 e. The predicted octanol–water partition coefficient (Wildman–Crippen LogP) is 4.42. The zero-order valence-electron chi connectivity index (χ0n) is 9.25. The summed E-state index contributed by atoms with van der Waals surface area (Å²) >= 11 is 5.79. The van der Waals surface area contributed by atoms with Gasteiger partial charge in [0.15, 0.2) is 0 Å². The molecular formula is C13H18ClN. The summed E-state index contributed by atoms with van der Waals surface area (Å²) in [7, 11) is 0. The van der Waals surface area contributed by atoms with Crippen molar-refractivity contribution in [2.45, 2.75) is 44.9 Å². The first-order chi connectivity index (χ1) is 7.27. The van der Waals surface area contributed by atoms with Crippen LogP contribution in [-0.4, -0.2) is 4.98 Å². The molecule has 15 heavy (non-hydrogen) atoms. The Labute approximate surface area is 96.9 Å². The van der Waals surface area contributed by atoms with Gasteiger partial charge < -0.3 is 0 Å². The second-order valence-corrected chi connectivity index (χ2v) is 4.99. The van der Waals surface area contributed by atoms with E-state index in [0.29, 0.717) is 11.1 Å². The fourth-order valence-corrected chi connectivity index (χ4v) is 2.67. The Morgan fingerprint density at radius 3 is 2.60 bits per heavy atom. The van der Waals surface area contributed by atoms with Crippen molar-refractivity contribution in [3.05, 3.63) is 29.0 Å². The van der Waals surface area contributed by atoms with E-state index in [4.69, 9.17) is 11.6 Å². The van der Waals surface area contributed by atoms with Gasteiger partial charge in [-0.15, -0.1) is 0 Å². The first-order valence-corrected chi connectivity index (χ1v) is 6.26. The maximum Gasteiger partial charge on any atom is 0.129 e. The van der Waals surface area contributed by atoms with E-state index >= 15 is 0 Å². The van der Waals surface area contributed by atoms with Gasteiger partial charge in [0, 0.05) is 6.20 Å². The van der Waals surface area contributed by atoms with Gasteiger partial charge in [0.25, 0.3) is 0 Å². The molecule has 2 heteroatoms. The molecule has 2 rings (SSSR count). The fourth-order valence-electron chi connectivity index (χ4n) is 2.56. The van der Waals surface area contributed by atoms with Crippen molar-refractivity contribution < 1.29 is 0 Å². The minimum absolute atomic E-state index is 0.592. The van der Waals surface area contributed by atoms with E-state index < -0.39 is 0 Å². The summed E-state index contributed by atoms with van der Waals surface area (Å²) in [6, 6.07) is 4.02. The van der Waals surface area contributed by atoms with E-state index in [0.717, 1.165) is 5.92 Å². The normalized spacial score (nSPS) is 20.1. The van der Waals surface area contributed by atoms with Gasteiger partial charge in [-0.3, -0.25) is 0 Å². The molecule has 1 aromatic heterocycles. The van der Waals surface area contributed by atoms with Gasteiger partial charge in [0.05, 0.1) is 0 Å². The Balaban J connectivity index is 2.05. The Bertz CT molecular complexity index is 301. The van der Waals surface area contributed by atoms with Gasteiger partial charge in [-0.2, -0.15) is 0 Å². The van der Waals surface area contributed by atoms with E-state index in [-0.39, 0.29) is 0 Å². The summed E-state index contributed by atoms with van der Waals surface area (Å²) in [4.78, 5) is 4.16. The van der Waals surface area contributed by atoms with Crippen molar-refractivity contribution in [1.29, 1.82) is 0 Å². The SMILES string of the molecule is CC(c1ccc(Cl)nc1)C1CCCCC1. The van der Waals surface area contributed by atoms with Gasteiger partial charge in [-0.1, -0.05) is 43.9 Å². The average Bonchev–Trinajstić information content (AvgIpc) is 2.30. The molecule has 0 radical (unpaired) electrons. The Morgan fingerprint density at radius 1 is 1.27 bits per heavy atom. The Hall–Kier alpha value is -0.560. The summed E-state index contributed by atoms with van der Waals surface area (Å²) < 4.78 is 0. The lowest BCUT2D eigenvalue weighted by Crippen LogP contribution is -2.13. The van der Waals surface area contributed by atoms with E-state index in [2.05, 4.69) is 18.0 Å². The number of rotatable bonds is 2. The number of nitrogens with zero attached hydrogens (tertiary/aromatic N) is 1. The van der Waals surface area contributed by atoms with Crippen molar-refractivity contribution >= 4 is 11.6 Å². The van der Waals surface area contributed by atoms with Crippen molar-refractivity contribution in [2.75, 3.05) is 0 Å². The van der Waals surface area contributed by atoms with Gasteiger partial charge in [0.1, 0.15) is 5.15 Å². The average molecular weight is 224 g/mol. The van der Waals surface area contributed by atoms with Crippen LogP contribution in [0, 0.1) is 5.92 Å². The Morgan fingerprint density at radius 2 is 2.00 bits per heavy atom. The zero-order chi connectivity index (χ0) is 10.7. The van der Waals surface area contributed by atoms with Crippen LogP contribution in [0.2, 0.25) is 5.15 Å². The number of hydrogen-bond donors (Lipinski definition) is 0. The number of hydrogen-bond acceptors (Lipinski definition) is 1. The topological polar surface area (TPSA) is 12.9 Å². The van der Waals surface area contributed by atoms with Crippen LogP contribution in [0.1, 0.15) is 50.5 Å². The quantitative estimate of drug-likeness (QED) is 0.677. The van der Waals surface area contributed by atoms with Gasteiger partial charge in [-0.05, 0) is 36.3 Å². The zero-order valence-corrected chi connectivity index (χ0v) is 10.0. The first kappa shape index (κ1) is 10.9. The third-order valence-corrected chi connectivity index (χ3v) is 3.86. The summed E-state index contributed by atoms with van der Waals surface area (Å²) in [5, 5.41) is 0.592. The van der Waals surface area contributed by atoms with Crippen LogP contribution in [0.15, 0.2) is 18.3 Å². The van der Waals surface area contributed by atoms with Gasteiger partial charge in [0.2, 0.25) is 0 Å². The summed E-state index contributed by atoms with van der Waals surface area (Å²) in [5.41, 5.74) is 1.34. The number of pyridine rings is 1. The van der Waals surface area contributed by atoms with Crippen LogP contribution < -0.4 is 0 Å². The number of aromatic nitrogens is 1. The molecule has 1 aliphatic rings. The van der Waals surface area contributed by atoms with Crippen molar-refractivity contribution in [2.24, 2.45) is 5.92 Å². The van der Waals surface area contributed by atoms with Crippen LogP contribution >= 0.6 is 11.6 Å². The lowest BCUT2D eigenvalue weighted by Gasteiger charge is -2.27. The monoisotopic (exact) mass is 223 g/mol. The largest absolute Gasteiger partial charge is 0.244 e. The second kappa shape index (κ2) is 4.98. The van der Waals surface area contributed by atoms with E-state index in [1.54, 1.807) is 0 Å². The molecule has 1 unspecified atom stereocenters. The first-order valence-electron chi connectivity index (χ1n) is 5.89. The molecule has 0 aliphatic heterocycles. The fraction of sp³-hybridized carbons (Fsp3) is 0.615. The van der Waals surface area contributed by atoms with Gasteiger partial charge in [-0.25, -0.2) is 4.98 Å². The molecule has 0 saturated heterocycles. The molecule has 0 aromatic carbocycles. The molecule has 1 aromatic rings. The third kappa shape index (κ3) is 2.72. The van der Waals surface area contributed by atoms with Crippen LogP contribution in [0.5, 0.6) is 0 Å². The predicted molar refractivity (Wildman–Crippen MR) is 64.2 cm³/mol. The molecule has 1 heterocycles. The van der Waals surface area contributed by atoms with Crippen molar-refractivity contribution in [3.8, 4) is 0 Å². The highest BCUT2D eigenvalue weighted by Gasteiger charge is 2.21. The number of halogens is 1. The van der Waals surface area contributed by atoms with E-state index in [1.807, 2.05) is 12.3 Å². The summed E-state index contributed by atoms with van der Waals surface area (Å²) in [6.45, 7) is 2.32. The molecule has 0 bridgehead atoms. The molecule has 1 nitrogen and oxygen atoms in total. The molecule has 0 amide bonds. The van der Waals surface area contributed by atoms with Crippen LogP contribution in [0.25, 0.3) is 0 Å². The Kier molecular flexibility index (Phi) is 3.63. The van der Waals surface area contributed by atoms with Crippen molar-refractivity contribution in [1.82, 2.24) is 4.98 Å². The molecule has 1 fully saturated rings. The standard InChI is InChI=1S/C13H18ClN/c1-10(11-5-3-2-4-6-11)12-7-8-13(14)15-9-12/h7-11H,2-6H2,1H3. The molecular weight excluding hydrogens is 206 g/mol.